The number of hydrogen-bond acceptors (Lipinski definition) is 3. The van der Waals surface area contributed by atoms with Crippen molar-refractivity contribution in [2.24, 2.45) is 5.92 Å². The molecule has 0 heterocycles. The normalized spacial score (nSPS) is 16.3. The molecule has 0 aliphatic heterocycles. The number of benzene rings is 1. The van der Waals surface area contributed by atoms with Crippen LogP contribution in [-0.2, 0) is 0 Å². The van der Waals surface area contributed by atoms with Crippen LogP contribution in [0.25, 0.3) is 0 Å². The molecule has 3 heteroatoms. The second kappa shape index (κ2) is 6.09. The number of nitrogens with zero attached hydrogens (tertiary/aromatic N) is 1. The summed E-state index contributed by atoms with van der Waals surface area (Å²) in [6.07, 6.45) is 6.80. The van der Waals surface area contributed by atoms with E-state index >= 15 is 0 Å². The van der Waals surface area contributed by atoms with Gasteiger partial charge in [-0.2, -0.15) is 0 Å². The zero-order chi connectivity index (χ0) is 13.8. The van der Waals surface area contributed by atoms with Gasteiger partial charge in [0.15, 0.2) is 5.78 Å². The minimum absolute atomic E-state index is 0.0268. The van der Waals surface area contributed by atoms with Crippen molar-refractivity contribution < 1.29 is 4.79 Å². The second-order valence-electron chi connectivity index (χ2n) is 5.71. The van der Waals surface area contributed by atoms with Gasteiger partial charge in [0.2, 0.25) is 0 Å². The van der Waals surface area contributed by atoms with Crippen molar-refractivity contribution in [3.05, 3.63) is 23.8 Å². The second-order valence-corrected chi connectivity index (χ2v) is 5.71. The summed E-state index contributed by atoms with van der Waals surface area (Å²) in [6, 6.07) is 5.75. The van der Waals surface area contributed by atoms with E-state index < -0.39 is 0 Å². The van der Waals surface area contributed by atoms with Crippen LogP contribution < -0.4 is 10.6 Å². The lowest BCUT2D eigenvalue weighted by atomic mass is 9.89. The standard InChI is InChI=1S/C16H24N2O/c1-12(19)15-9-8-14(10-16(15)17)18(2)11-13-6-4-3-5-7-13/h8-10,13H,3-7,11,17H2,1-2H3. The van der Waals surface area contributed by atoms with Crippen molar-refractivity contribution in [3.8, 4) is 0 Å². The van der Waals surface area contributed by atoms with E-state index in [4.69, 9.17) is 5.73 Å². The van der Waals surface area contributed by atoms with E-state index in [1.807, 2.05) is 18.2 Å². The number of hydrogen-bond donors (Lipinski definition) is 1. The Hall–Kier alpha value is -1.51. The minimum Gasteiger partial charge on any atom is -0.398 e. The highest BCUT2D eigenvalue weighted by Gasteiger charge is 2.16. The van der Waals surface area contributed by atoms with Crippen LogP contribution >= 0.6 is 0 Å². The lowest BCUT2D eigenvalue weighted by Crippen LogP contribution is -2.26. The van der Waals surface area contributed by atoms with Gasteiger partial charge in [0, 0.05) is 30.5 Å². The van der Waals surface area contributed by atoms with E-state index in [-0.39, 0.29) is 5.78 Å². The lowest BCUT2D eigenvalue weighted by molar-refractivity contribution is 0.101. The molecule has 0 amide bonds. The fourth-order valence-corrected chi connectivity index (χ4v) is 2.97. The Labute approximate surface area is 115 Å². The zero-order valence-corrected chi connectivity index (χ0v) is 12.0. The molecule has 1 saturated carbocycles. The molecule has 1 fully saturated rings. The summed E-state index contributed by atoms with van der Waals surface area (Å²) in [5.41, 5.74) is 8.25. The summed E-state index contributed by atoms with van der Waals surface area (Å²) in [5.74, 6) is 0.825. The number of nitrogen functional groups attached to an aromatic ring is 1. The highest BCUT2D eigenvalue weighted by molar-refractivity contribution is 5.99. The molecule has 2 N–H and O–H groups in total. The third-order valence-electron chi connectivity index (χ3n) is 4.11. The molecule has 0 saturated heterocycles. The minimum atomic E-state index is 0.0268. The van der Waals surface area contributed by atoms with Gasteiger partial charge in [0.25, 0.3) is 0 Å². The van der Waals surface area contributed by atoms with E-state index in [0.29, 0.717) is 11.3 Å². The molecule has 1 aliphatic rings. The van der Waals surface area contributed by atoms with Crippen molar-refractivity contribution in [2.45, 2.75) is 39.0 Å². The van der Waals surface area contributed by atoms with Crippen molar-refractivity contribution in [3.63, 3.8) is 0 Å². The maximum Gasteiger partial charge on any atom is 0.161 e. The molecule has 104 valence electrons. The van der Waals surface area contributed by atoms with Crippen LogP contribution in [0.15, 0.2) is 18.2 Å². The van der Waals surface area contributed by atoms with E-state index in [9.17, 15) is 4.79 Å². The fourth-order valence-electron chi connectivity index (χ4n) is 2.97. The van der Waals surface area contributed by atoms with Gasteiger partial charge in [0.1, 0.15) is 0 Å². The Kier molecular flexibility index (Phi) is 4.46. The quantitative estimate of drug-likeness (QED) is 0.666. The first kappa shape index (κ1) is 13.9. The van der Waals surface area contributed by atoms with Crippen LogP contribution in [0.3, 0.4) is 0 Å². The fraction of sp³-hybridized carbons (Fsp3) is 0.562. The van der Waals surface area contributed by atoms with Gasteiger partial charge in [-0.05, 0) is 43.9 Å². The summed E-state index contributed by atoms with van der Waals surface area (Å²) in [5, 5.41) is 0. The molecule has 1 aliphatic carbocycles. The summed E-state index contributed by atoms with van der Waals surface area (Å²) >= 11 is 0. The smallest absolute Gasteiger partial charge is 0.161 e. The molecule has 0 spiro atoms. The van der Waals surface area contributed by atoms with Gasteiger partial charge in [-0.1, -0.05) is 19.3 Å². The van der Waals surface area contributed by atoms with Gasteiger partial charge in [-0.15, -0.1) is 0 Å². The van der Waals surface area contributed by atoms with Gasteiger partial charge in [-0.3, -0.25) is 4.79 Å². The number of ketones is 1. The van der Waals surface area contributed by atoms with Crippen molar-refractivity contribution in [1.82, 2.24) is 0 Å². The Balaban J connectivity index is 2.04. The van der Waals surface area contributed by atoms with Gasteiger partial charge in [-0.25, -0.2) is 0 Å². The highest BCUT2D eigenvalue weighted by Crippen LogP contribution is 2.27. The lowest BCUT2D eigenvalue weighted by Gasteiger charge is -2.28. The zero-order valence-electron chi connectivity index (χ0n) is 12.0. The SMILES string of the molecule is CC(=O)c1ccc(N(C)CC2CCCCC2)cc1N. The molecule has 0 radical (unpaired) electrons. The molecule has 0 atom stereocenters. The summed E-state index contributed by atoms with van der Waals surface area (Å²) in [6.45, 7) is 2.63. The molecule has 1 aromatic carbocycles. The van der Waals surface area contributed by atoms with Gasteiger partial charge in [0.05, 0.1) is 0 Å². The Bertz CT molecular complexity index is 450. The Morgan fingerprint density at radius 2 is 2.00 bits per heavy atom. The van der Waals surface area contributed by atoms with Gasteiger partial charge >= 0.3 is 0 Å². The first-order valence-electron chi connectivity index (χ1n) is 7.19. The molecule has 0 bridgehead atoms. The summed E-state index contributed by atoms with van der Waals surface area (Å²) < 4.78 is 0. The van der Waals surface area contributed by atoms with E-state index in [2.05, 4.69) is 11.9 Å². The van der Waals surface area contributed by atoms with E-state index in [1.165, 1.54) is 32.1 Å². The number of anilines is 2. The van der Waals surface area contributed by atoms with Crippen molar-refractivity contribution in [2.75, 3.05) is 24.2 Å². The summed E-state index contributed by atoms with van der Waals surface area (Å²) in [4.78, 5) is 13.6. The summed E-state index contributed by atoms with van der Waals surface area (Å²) in [7, 11) is 2.11. The van der Waals surface area contributed by atoms with Crippen LogP contribution in [0.5, 0.6) is 0 Å². The van der Waals surface area contributed by atoms with Gasteiger partial charge < -0.3 is 10.6 Å². The molecule has 0 unspecified atom stereocenters. The highest BCUT2D eigenvalue weighted by atomic mass is 16.1. The molecular weight excluding hydrogens is 236 g/mol. The van der Waals surface area contributed by atoms with Crippen molar-refractivity contribution in [1.29, 1.82) is 0 Å². The molecule has 2 rings (SSSR count). The average molecular weight is 260 g/mol. The van der Waals surface area contributed by atoms with Crippen LogP contribution in [0.4, 0.5) is 11.4 Å². The number of carbonyl (C=O) groups is 1. The maximum atomic E-state index is 11.4. The molecular formula is C16H24N2O. The average Bonchev–Trinajstić information content (AvgIpc) is 2.39. The monoisotopic (exact) mass is 260 g/mol. The first-order valence-corrected chi connectivity index (χ1v) is 7.19. The molecule has 19 heavy (non-hydrogen) atoms. The Morgan fingerprint density at radius 3 is 2.58 bits per heavy atom. The number of carbonyl (C=O) groups excluding carboxylic acids is 1. The van der Waals surface area contributed by atoms with Crippen LogP contribution in [-0.4, -0.2) is 19.4 Å². The van der Waals surface area contributed by atoms with Crippen LogP contribution in [0.1, 0.15) is 49.4 Å². The molecule has 3 nitrogen and oxygen atoms in total. The predicted octanol–water partition coefficient (Wildman–Crippen LogP) is 3.49. The van der Waals surface area contributed by atoms with Crippen molar-refractivity contribution >= 4 is 17.2 Å². The van der Waals surface area contributed by atoms with E-state index in [1.54, 1.807) is 6.92 Å². The van der Waals surface area contributed by atoms with Crippen LogP contribution in [0, 0.1) is 5.92 Å². The Morgan fingerprint density at radius 1 is 1.32 bits per heavy atom. The number of nitrogens with two attached hydrogens (primary N) is 1. The maximum absolute atomic E-state index is 11.4. The number of Topliss-reactive ketones (excluding diaryl/α,β-unsaturated/α-hetero) is 1. The molecule has 0 aromatic heterocycles. The first-order chi connectivity index (χ1) is 9.08. The van der Waals surface area contributed by atoms with E-state index in [0.717, 1.165) is 18.2 Å². The van der Waals surface area contributed by atoms with Crippen LogP contribution in [0.2, 0.25) is 0 Å². The third-order valence-corrected chi connectivity index (χ3v) is 4.11. The topological polar surface area (TPSA) is 46.3 Å². The third kappa shape index (κ3) is 3.49. The number of rotatable bonds is 4. The molecule has 1 aromatic rings. The predicted molar refractivity (Wildman–Crippen MR) is 80.7 cm³/mol. The largest absolute Gasteiger partial charge is 0.398 e.